The zero-order valence-corrected chi connectivity index (χ0v) is 12.4. The van der Waals surface area contributed by atoms with Crippen LogP contribution in [-0.4, -0.2) is 24.1 Å². The van der Waals surface area contributed by atoms with Crippen LogP contribution in [0.2, 0.25) is 0 Å². The maximum absolute atomic E-state index is 12.2. The SMILES string of the molecule is CCOC(=O)C1(NC(=O)Nc2ccccc2)CCCCC1. The van der Waals surface area contributed by atoms with Crippen molar-refractivity contribution in [2.24, 2.45) is 0 Å². The van der Waals surface area contributed by atoms with Gasteiger partial charge in [-0.05, 0) is 31.9 Å². The van der Waals surface area contributed by atoms with E-state index in [0.717, 1.165) is 19.3 Å². The second-order valence-electron chi connectivity index (χ2n) is 5.31. The summed E-state index contributed by atoms with van der Waals surface area (Å²) in [6.07, 6.45) is 4.19. The van der Waals surface area contributed by atoms with Gasteiger partial charge in [-0.25, -0.2) is 9.59 Å². The number of amides is 2. The van der Waals surface area contributed by atoms with Crippen molar-refractivity contribution in [2.75, 3.05) is 11.9 Å². The highest BCUT2D eigenvalue weighted by molar-refractivity contribution is 5.94. The van der Waals surface area contributed by atoms with Gasteiger partial charge in [0.1, 0.15) is 5.54 Å². The predicted molar refractivity (Wildman–Crippen MR) is 81.0 cm³/mol. The highest BCUT2D eigenvalue weighted by Gasteiger charge is 2.42. The van der Waals surface area contributed by atoms with Gasteiger partial charge in [-0.2, -0.15) is 0 Å². The minimum Gasteiger partial charge on any atom is -0.464 e. The number of hydrogen-bond donors (Lipinski definition) is 2. The molecule has 114 valence electrons. The average molecular weight is 290 g/mol. The summed E-state index contributed by atoms with van der Waals surface area (Å²) in [6.45, 7) is 2.10. The molecule has 0 radical (unpaired) electrons. The van der Waals surface area contributed by atoms with Gasteiger partial charge in [-0.15, -0.1) is 0 Å². The van der Waals surface area contributed by atoms with Crippen LogP contribution in [0.25, 0.3) is 0 Å². The minimum absolute atomic E-state index is 0.322. The smallest absolute Gasteiger partial charge is 0.331 e. The van der Waals surface area contributed by atoms with Gasteiger partial charge in [0, 0.05) is 5.69 Å². The maximum Gasteiger partial charge on any atom is 0.331 e. The molecule has 1 aromatic rings. The zero-order valence-electron chi connectivity index (χ0n) is 12.4. The van der Waals surface area contributed by atoms with E-state index in [1.54, 1.807) is 19.1 Å². The lowest BCUT2D eigenvalue weighted by Crippen LogP contribution is -2.57. The topological polar surface area (TPSA) is 67.4 Å². The van der Waals surface area contributed by atoms with E-state index in [-0.39, 0.29) is 12.0 Å². The molecule has 1 saturated carbocycles. The van der Waals surface area contributed by atoms with E-state index in [2.05, 4.69) is 10.6 Å². The average Bonchev–Trinajstić information content (AvgIpc) is 2.49. The fourth-order valence-electron chi connectivity index (χ4n) is 2.71. The third-order valence-corrected chi connectivity index (χ3v) is 3.76. The summed E-state index contributed by atoms with van der Waals surface area (Å²) in [7, 11) is 0. The van der Waals surface area contributed by atoms with Crippen molar-refractivity contribution in [3.63, 3.8) is 0 Å². The third-order valence-electron chi connectivity index (χ3n) is 3.76. The molecule has 0 heterocycles. The van der Waals surface area contributed by atoms with Crippen molar-refractivity contribution in [1.82, 2.24) is 5.32 Å². The van der Waals surface area contributed by atoms with E-state index >= 15 is 0 Å². The molecule has 0 saturated heterocycles. The molecule has 0 aliphatic heterocycles. The van der Waals surface area contributed by atoms with Gasteiger partial charge in [-0.1, -0.05) is 37.5 Å². The van der Waals surface area contributed by atoms with Gasteiger partial charge < -0.3 is 15.4 Å². The first-order valence-electron chi connectivity index (χ1n) is 7.48. The maximum atomic E-state index is 12.2. The lowest BCUT2D eigenvalue weighted by atomic mass is 9.81. The largest absolute Gasteiger partial charge is 0.464 e. The molecule has 2 rings (SSSR count). The van der Waals surface area contributed by atoms with Gasteiger partial charge in [0.05, 0.1) is 6.61 Å². The number of ether oxygens (including phenoxy) is 1. The Kier molecular flexibility index (Phi) is 5.20. The molecule has 0 bridgehead atoms. The first-order valence-corrected chi connectivity index (χ1v) is 7.48. The van der Waals surface area contributed by atoms with E-state index in [4.69, 9.17) is 4.74 Å². The number of esters is 1. The van der Waals surface area contributed by atoms with Crippen LogP contribution in [0.15, 0.2) is 30.3 Å². The molecule has 0 atom stereocenters. The molecular weight excluding hydrogens is 268 g/mol. The lowest BCUT2D eigenvalue weighted by molar-refractivity contribution is -0.152. The Morgan fingerprint density at radius 1 is 1.14 bits per heavy atom. The van der Waals surface area contributed by atoms with E-state index < -0.39 is 5.54 Å². The fourth-order valence-corrected chi connectivity index (χ4v) is 2.71. The van der Waals surface area contributed by atoms with Gasteiger partial charge in [0.25, 0.3) is 0 Å². The van der Waals surface area contributed by atoms with Crippen molar-refractivity contribution in [3.05, 3.63) is 30.3 Å². The number of urea groups is 1. The Bertz CT molecular complexity index is 482. The van der Waals surface area contributed by atoms with Crippen molar-refractivity contribution in [3.8, 4) is 0 Å². The minimum atomic E-state index is -0.882. The number of carbonyl (C=O) groups is 2. The molecular formula is C16H22N2O3. The number of benzene rings is 1. The van der Waals surface area contributed by atoms with E-state index in [1.807, 2.05) is 18.2 Å². The van der Waals surface area contributed by atoms with Crippen LogP contribution in [0.5, 0.6) is 0 Å². The van der Waals surface area contributed by atoms with E-state index in [0.29, 0.717) is 25.1 Å². The Balaban J connectivity index is 2.04. The van der Waals surface area contributed by atoms with Crippen LogP contribution in [0.1, 0.15) is 39.0 Å². The highest BCUT2D eigenvalue weighted by atomic mass is 16.5. The zero-order chi connectivity index (χ0) is 15.1. The summed E-state index contributed by atoms with van der Waals surface area (Å²) in [5.74, 6) is -0.326. The molecule has 1 aliphatic carbocycles. The van der Waals surface area contributed by atoms with Gasteiger partial charge in [-0.3, -0.25) is 0 Å². The molecule has 2 amide bonds. The summed E-state index contributed by atoms with van der Waals surface area (Å²) in [4.78, 5) is 24.4. The molecule has 5 heteroatoms. The van der Waals surface area contributed by atoms with Crippen molar-refractivity contribution in [2.45, 2.75) is 44.6 Å². The van der Waals surface area contributed by atoms with Crippen LogP contribution < -0.4 is 10.6 Å². The Morgan fingerprint density at radius 3 is 2.43 bits per heavy atom. The molecule has 0 aromatic heterocycles. The molecule has 0 unspecified atom stereocenters. The van der Waals surface area contributed by atoms with Gasteiger partial charge in [0.2, 0.25) is 0 Å². The number of rotatable bonds is 4. The van der Waals surface area contributed by atoms with Crippen LogP contribution in [0.4, 0.5) is 10.5 Å². The fraction of sp³-hybridized carbons (Fsp3) is 0.500. The van der Waals surface area contributed by atoms with Crippen LogP contribution in [0.3, 0.4) is 0 Å². The van der Waals surface area contributed by atoms with Crippen molar-refractivity contribution in [1.29, 1.82) is 0 Å². The van der Waals surface area contributed by atoms with Crippen molar-refractivity contribution < 1.29 is 14.3 Å². The number of hydrogen-bond acceptors (Lipinski definition) is 3. The molecule has 0 spiro atoms. The Labute approximate surface area is 125 Å². The van der Waals surface area contributed by atoms with E-state index in [1.165, 1.54) is 0 Å². The molecule has 2 N–H and O–H groups in total. The molecule has 1 aromatic carbocycles. The summed E-state index contributed by atoms with van der Waals surface area (Å²) in [6, 6.07) is 8.81. The number of para-hydroxylation sites is 1. The summed E-state index contributed by atoms with van der Waals surface area (Å²) < 4.78 is 5.15. The van der Waals surface area contributed by atoms with Gasteiger partial charge >= 0.3 is 12.0 Å². The number of nitrogens with one attached hydrogen (secondary N) is 2. The standard InChI is InChI=1S/C16H22N2O3/c1-2-21-14(19)16(11-7-4-8-12-16)18-15(20)17-13-9-5-3-6-10-13/h3,5-6,9-10H,2,4,7-8,11-12H2,1H3,(H2,17,18,20). The van der Waals surface area contributed by atoms with Crippen LogP contribution in [-0.2, 0) is 9.53 Å². The predicted octanol–water partition coefficient (Wildman–Crippen LogP) is 3.07. The third kappa shape index (κ3) is 3.97. The summed E-state index contributed by atoms with van der Waals surface area (Å²) in [5.41, 5.74) is -0.183. The van der Waals surface area contributed by atoms with E-state index in [9.17, 15) is 9.59 Å². The quantitative estimate of drug-likeness (QED) is 0.837. The normalized spacial score (nSPS) is 16.8. The Hall–Kier alpha value is -2.04. The second kappa shape index (κ2) is 7.11. The first-order chi connectivity index (χ1) is 10.2. The molecule has 1 fully saturated rings. The molecule has 5 nitrogen and oxygen atoms in total. The van der Waals surface area contributed by atoms with Crippen LogP contribution in [0, 0.1) is 0 Å². The second-order valence-corrected chi connectivity index (χ2v) is 5.31. The first kappa shape index (κ1) is 15.4. The highest BCUT2D eigenvalue weighted by Crippen LogP contribution is 2.29. The van der Waals surface area contributed by atoms with Gasteiger partial charge in [0.15, 0.2) is 0 Å². The summed E-state index contributed by atoms with van der Waals surface area (Å²) in [5, 5.41) is 5.59. The number of anilines is 1. The van der Waals surface area contributed by atoms with Crippen LogP contribution >= 0.6 is 0 Å². The lowest BCUT2D eigenvalue weighted by Gasteiger charge is -2.35. The number of carbonyl (C=O) groups excluding carboxylic acids is 2. The summed E-state index contributed by atoms with van der Waals surface area (Å²) >= 11 is 0. The molecule has 1 aliphatic rings. The van der Waals surface area contributed by atoms with Crippen molar-refractivity contribution >= 4 is 17.7 Å². The Morgan fingerprint density at radius 2 is 1.81 bits per heavy atom. The monoisotopic (exact) mass is 290 g/mol. The molecule has 21 heavy (non-hydrogen) atoms.